The predicted molar refractivity (Wildman–Crippen MR) is 52.5 cm³/mol. The highest BCUT2D eigenvalue weighted by molar-refractivity contribution is 5.36. The molecule has 1 aromatic rings. The van der Waals surface area contributed by atoms with Crippen LogP contribution >= 0.6 is 0 Å². The van der Waals surface area contributed by atoms with Crippen LogP contribution < -0.4 is 0 Å². The maximum Gasteiger partial charge on any atom is 0.235 e. The Hall–Kier alpha value is -1.47. The topological polar surface area (TPSA) is 29.4 Å². The Morgan fingerprint density at radius 1 is 1.57 bits per heavy atom. The Morgan fingerprint density at radius 3 is 2.86 bits per heavy atom. The van der Waals surface area contributed by atoms with Gasteiger partial charge < -0.3 is 0 Å². The number of isocyanates is 1. The maximum atomic E-state index is 13.0. The molecule has 14 heavy (non-hydrogen) atoms. The predicted octanol–water partition coefficient (Wildman–Crippen LogP) is 2.86. The van der Waals surface area contributed by atoms with E-state index < -0.39 is 6.17 Å². The Morgan fingerprint density at radius 2 is 2.29 bits per heavy atom. The van der Waals surface area contributed by atoms with E-state index in [0.717, 1.165) is 11.1 Å². The Labute approximate surface area is 82.5 Å². The minimum atomic E-state index is -0.991. The van der Waals surface area contributed by atoms with Crippen LogP contribution in [0.2, 0.25) is 0 Å². The number of halogens is 1. The molecule has 0 fully saturated rings. The van der Waals surface area contributed by atoms with Crippen molar-refractivity contribution in [3.63, 3.8) is 0 Å². The summed E-state index contributed by atoms with van der Waals surface area (Å²) in [6, 6.07) is 5.32. The van der Waals surface area contributed by atoms with E-state index in [1.165, 1.54) is 13.0 Å². The van der Waals surface area contributed by atoms with Gasteiger partial charge in [0.05, 0.1) is 6.54 Å². The van der Waals surface area contributed by atoms with Crippen LogP contribution in [0.3, 0.4) is 0 Å². The molecule has 3 heteroatoms. The molecule has 0 saturated carbocycles. The lowest BCUT2D eigenvalue weighted by Gasteiger charge is -2.06. The number of aliphatic imine (C=N–C) groups is 1. The Bertz CT molecular complexity index is 368. The lowest BCUT2D eigenvalue weighted by molar-refractivity contribution is 0.374. The summed E-state index contributed by atoms with van der Waals surface area (Å²) >= 11 is 0. The molecule has 0 aromatic heterocycles. The second kappa shape index (κ2) is 4.68. The van der Waals surface area contributed by atoms with Crippen molar-refractivity contribution in [2.24, 2.45) is 4.99 Å². The number of benzene rings is 1. The Balaban J connectivity index is 3.01. The second-order valence-electron chi connectivity index (χ2n) is 3.21. The summed E-state index contributed by atoms with van der Waals surface area (Å²) in [6.07, 6.45) is 0.482. The average Bonchev–Trinajstić information content (AvgIpc) is 2.16. The highest BCUT2D eigenvalue weighted by Gasteiger charge is 2.05. The van der Waals surface area contributed by atoms with Crippen LogP contribution in [-0.4, -0.2) is 6.08 Å². The van der Waals surface area contributed by atoms with Crippen LogP contribution in [-0.2, 0) is 11.3 Å². The van der Waals surface area contributed by atoms with Gasteiger partial charge in [0, 0.05) is 0 Å². The van der Waals surface area contributed by atoms with E-state index in [1.807, 2.05) is 13.0 Å². The Kier molecular flexibility index (Phi) is 3.55. The molecule has 0 saturated heterocycles. The SMILES string of the molecule is Cc1ccc(C(C)F)cc1CN=C=O. The molecule has 74 valence electrons. The molecule has 0 amide bonds. The number of aryl methyl sites for hydroxylation is 1. The van der Waals surface area contributed by atoms with E-state index in [0.29, 0.717) is 5.56 Å². The van der Waals surface area contributed by atoms with Crippen LogP contribution in [0.4, 0.5) is 4.39 Å². The lowest BCUT2D eigenvalue weighted by Crippen LogP contribution is -1.92. The second-order valence-corrected chi connectivity index (χ2v) is 3.21. The molecule has 0 radical (unpaired) electrons. The van der Waals surface area contributed by atoms with Crippen molar-refractivity contribution >= 4 is 6.08 Å². The van der Waals surface area contributed by atoms with Gasteiger partial charge in [-0.05, 0) is 30.5 Å². The first-order chi connectivity index (χ1) is 6.65. The first-order valence-corrected chi connectivity index (χ1v) is 4.42. The number of carbonyl (C=O) groups excluding carboxylic acids is 1. The quantitative estimate of drug-likeness (QED) is 0.536. The number of hydrogen-bond donors (Lipinski definition) is 0. The van der Waals surface area contributed by atoms with Gasteiger partial charge in [0.1, 0.15) is 6.17 Å². The van der Waals surface area contributed by atoms with Gasteiger partial charge in [-0.2, -0.15) is 0 Å². The van der Waals surface area contributed by atoms with E-state index in [4.69, 9.17) is 0 Å². The summed E-state index contributed by atoms with van der Waals surface area (Å²) in [4.78, 5) is 13.4. The summed E-state index contributed by atoms with van der Waals surface area (Å²) in [6.45, 7) is 3.66. The summed E-state index contributed by atoms with van der Waals surface area (Å²) < 4.78 is 13.0. The van der Waals surface area contributed by atoms with Crippen molar-refractivity contribution < 1.29 is 9.18 Å². The zero-order valence-corrected chi connectivity index (χ0v) is 8.25. The number of nitrogens with zero attached hydrogens (tertiary/aromatic N) is 1. The van der Waals surface area contributed by atoms with E-state index in [-0.39, 0.29) is 6.54 Å². The molecule has 1 atom stereocenters. The lowest BCUT2D eigenvalue weighted by atomic mass is 10.0. The third kappa shape index (κ3) is 2.51. The van der Waals surface area contributed by atoms with Crippen molar-refractivity contribution in [2.45, 2.75) is 26.6 Å². The van der Waals surface area contributed by atoms with Gasteiger partial charge in [-0.1, -0.05) is 18.2 Å². The fourth-order valence-corrected chi connectivity index (χ4v) is 1.23. The minimum absolute atomic E-state index is 0.274. The first-order valence-electron chi connectivity index (χ1n) is 4.42. The fraction of sp³-hybridized carbons (Fsp3) is 0.364. The van der Waals surface area contributed by atoms with E-state index >= 15 is 0 Å². The van der Waals surface area contributed by atoms with E-state index in [2.05, 4.69) is 4.99 Å². The first kappa shape index (κ1) is 10.6. The van der Waals surface area contributed by atoms with Gasteiger partial charge >= 0.3 is 0 Å². The summed E-state index contributed by atoms with van der Waals surface area (Å²) in [5.74, 6) is 0. The van der Waals surface area contributed by atoms with Gasteiger partial charge in [-0.25, -0.2) is 14.2 Å². The third-order valence-electron chi connectivity index (χ3n) is 2.15. The third-order valence-corrected chi connectivity index (χ3v) is 2.15. The van der Waals surface area contributed by atoms with Crippen LogP contribution in [0.5, 0.6) is 0 Å². The van der Waals surface area contributed by atoms with Crippen LogP contribution in [0.1, 0.15) is 29.8 Å². The molecule has 0 bridgehead atoms. The molecular weight excluding hydrogens is 181 g/mol. The van der Waals surface area contributed by atoms with Crippen molar-refractivity contribution in [1.82, 2.24) is 0 Å². The van der Waals surface area contributed by atoms with Gasteiger partial charge in [-0.15, -0.1) is 0 Å². The van der Waals surface area contributed by atoms with Crippen LogP contribution in [0.15, 0.2) is 23.2 Å². The molecule has 0 spiro atoms. The standard InChI is InChI=1S/C11H12FNO/c1-8-3-4-10(9(2)12)5-11(8)6-13-7-14/h3-5,9H,6H2,1-2H3. The highest BCUT2D eigenvalue weighted by atomic mass is 19.1. The van der Waals surface area contributed by atoms with Crippen LogP contribution in [0.25, 0.3) is 0 Å². The fourth-order valence-electron chi connectivity index (χ4n) is 1.23. The number of hydrogen-bond acceptors (Lipinski definition) is 2. The summed E-state index contributed by atoms with van der Waals surface area (Å²) in [7, 11) is 0. The number of alkyl halides is 1. The molecule has 1 unspecified atom stereocenters. The molecule has 0 heterocycles. The van der Waals surface area contributed by atoms with Gasteiger partial charge in [-0.3, -0.25) is 0 Å². The highest BCUT2D eigenvalue weighted by Crippen LogP contribution is 2.20. The zero-order valence-electron chi connectivity index (χ0n) is 8.25. The van der Waals surface area contributed by atoms with Gasteiger partial charge in [0.2, 0.25) is 6.08 Å². The summed E-state index contributed by atoms with van der Waals surface area (Å²) in [5.41, 5.74) is 2.50. The smallest absolute Gasteiger partial charge is 0.235 e. The van der Waals surface area contributed by atoms with Gasteiger partial charge in [0.15, 0.2) is 0 Å². The average molecular weight is 193 g/mol. The molecule has 0 aliphatic carbocycles. The molecule has 2 nitrogen and oxygen atoms in total. The van der Waals surface area contributed by atoms with Crippen LogP contribution in [0, 0.1) is 6.92 Å². The molecule has 0 aliphatic heterocycles. The monoisotopic (exact) mass is 193 g/mol. The molecule has 1 rings (SSSR count). The van der Waals surface area contributed by atoms with E-state index in [9.17, 15) is 9.18 Å². The molecule has 1 aromatic carbocycles. The zero-order chi connectivity index (χ0) is 10.6. The van der Waals surface area contributed by atoms with Gasteiger partial charge in [0.25, 0.3) is 0 Å². The number of rotatable bonds is 3. The maximum absolute atomic E-state index is 13.0. The normalized spacial score (nSPS) is 11.9. The molecule has 0 N–H and O–H groups in total. The van der Waals surface area contributed by atoms with E-state index in [1.54, 1.807) is 12.1 Å². The van der Waals surface area contributed by atoms with Crippen molar-refractivity contribution in [1.29, 1.82) is 0 Å². The minimum Gasteiger partial charge on any atom is -0.243 e. The summed E-state index contributed by atoms with van der Waals surface area (Å²) in [5, 5.41) is 0. The van der Waals surface area contributed by atoms with Crippen molar-refractivity contribution in [3.05, 3.63) is 34.9 Å². The molecule has 0 aliphatic rings. The van der Waals surface area contributed by atoms with Crippen molar-refractivity contribution in [2.75, 3.05) is 0 Å². The molecular formula is C11H12FNO. The van der Waals surface area contributed by atoms with Crippen molar-refractivity contribution in [3.8, 4) is 0 Å². The largest absolute Gasteiger partial charge is 0.243 e.